The number of alkyl halides is 3. The third-order valence-electron chi connectivity index (χ3n) is 5.89. The maximum Gasteiger partial charge on any atom is 0.416 e. The number of hydrogen-bond acceptors (Lipinski definition) is 3. The van der Waals surface area contributed by atoms with E-state index in [1.54, 1.807) is 67.1 Å². The minimum Gasteiger partial charge on any atom is -0.339 e. The lowest BCUT2D eigenvalue weighted by molar-refractivity contribution is -0.137. The lowest BCUT2D eigenvalue weighted by Gasteiger charge is -2.21. The molecule has 0 atom stereocenters. The zero-order valence-corrected chi connectivity index (χ0v) is 19.6. The molecule has 36 heavy (non-hydrogen) atoms. The van der Waals surface area contributed by atoms with Crippen molar-refractivity contribution in [1.29, 1.82) is 5.41 Å². The van der Waals surface area contributed by atoms with Gasteiger partial charge in [0.2, 0.25) is 0 Å². The number of aromatic nitrogens is 1. The predicted molar refractivity (Wildman–Crippen MR) is 134 cm³/mol. The molecule has 0 fully saturated rings. The molecule has 0 radical (unpaired) electrons. The van der Waals surface area contributed by atoms with Crippen molar-refractivity contribution >= 4 is 39.8 Å². The number of hydrogen-bond donors (Lipinski definition) is 2. The summed E-state index contributed by atoms with van der Waals surface area (Å²) < 4.78 is 40.3. The maximum absolute atomic E-state index is 13.4. The number of carbonyl (C=O) groups is 2. The van der Waals surface area contributed by atoms with Crippen LogP contribution in [0.15, 0.2) is 78.9 Å². The van der Waals surface area contributed by atoms with Crippen LogP contribution >= 0.6 is 0 Å². The largest absolute Gasteiger partial charge is 0.416 e. The van der Waals surface area contributed by atoms with Crippen LogP contribution in [0.4, 0.5) is 24.5 Å². The van der Waals surface area contributed by atoms with Gasteiger partial charge in [0.1, 0.15) is 11.4 Å². The van der Waals surface area contributed by atoms with E-state index in [1.807, 2.05) is 6.07 Å². The molecule has 1 aromatic heterocycles. The van der Waals surface area contributed by atoms with Crippen molar-refractivity contribution in [1.82, 2.24) is 4.57 Å². The Balaban J connectivity index is 1.75. The van der Waals surface area contributed by atoms with Crippen LogP contribution < -0.4 is 10.2 Å². The zero-order chi connectivity index (χ0) is 26.0. The van der Waals surface area contributed by atoms with E-state index < -0.39 is 23.6 Å². The molecule has 0 aliphatic rings. The number of rotatable bonds is 6. The summed E-state index contributed by atoms with van der Waals surface area (Å²) in [6.45, 7) is 2.10. The average Bonchev–Trinajstić information content (AvgIpc) is 3.17. The quantitative estimate of drug-likeness (QED) is 0.330. The first kappa shape index (κ1) is 24.7. The van der Waals surface area contributed by atoms with Crippen LogP contribution in [0.5, 0.6) is 0 Å². The van der Waals surface area contributed by atoms with E-state index in [1.165, 1.54) is 4.90 Å². The zero-order valence-electron chi connectivity index (χ0n) is 19.6. The minimum absolute atomic E-state index is 0.0542. The maximum atomic E-state index is 13.4. The average molecular weight is 493 g/mol. The van der Waals surface area contributed by atoms with Crippen LogP contribution in [0.2, 0.25) is 0 Å². The summed E-state index contributed by atoms with van der Waals surface area (Å²) in [4.78, 5) is 28.3. The van der Waals surface area contributed by atoms with Crippen LogP contribution in [0.1, 0.15) is 28.5 Å². The van der Waals surface area contributed by atoms with E-state index in [0.29, 0.717) is 23.1 Å². The molecule has 0 bridgehead atoms. The number of aryl methyl sites for hydroxylation is 1. The van der Waals surface area contributed by atoms with E-state index in [-0.39, 0.29) is 22.7 Å². The number of likely N-dealkylation sites (N-methyl/N-ethyl adjacent to an activating group) is 1. The van der Waals surface area contributed by atoms with Crippen molar-refractivity contribution in [2.75, 3.05) is 16.8 Å². The van der Waals surface area contributed by atoms with Gasteiger partial charge in [0.15, 0.2) is 0 Å². The Hall–Kier alpha value is -4.40. The summed E-state index contributed by atoms with van der Waals surface area (Å²) in [5.74, 6) is -1.23. The number of benzene rings is 3. The lowest BCUT2D eigenvalue weighted by atomic mass is 10.0. The van der Waals surface area contributed by atoms with Crippen molar-refractivity contribution in [3.63, 3.8) is 0 Å². The topological polar surface area (TPSA) is 78.2 Å². The third kappa shape index (κ3) is 4.59. The van der Waals surface area contributed by atoms with Gasteiger partial charge in [-0.3, -0.25) is 15.0 Å². The van der Waals surface area contributed by atoms with Crippen LogP contribution in [0.3, 0.4) is 0 Å². The number of nitrogens with zero attached hydrogens (tertiary/aromatic N) is 2. The van der Waals surface area contributed by atoms with Gasteiger partial charge in [-0.05, 0) is 49.4 Å². The Bertz CT molecular complexity index is 1440. The molecule has 3 aromatic carbocycles. The number of anilines is 2. The van der Waals surface area contributed by atoms with E-state index in [9.17, 15) is 22.8 Å². The highest BCUT2D eigenvalue weighted by molar-refractivity contribution is 6.51. The third-order valence-corrected chi connectivity index (χ3v) is 5.89. The standard InChI is InChI=1S/C27H23F3N4O2/c1-3-34(19-9-5-4-6-10-19)26(36)23(31)22-20-11-7-8-12-21(20)33(2)24(22)25(35)32-18-15-13-17(14-16-18)27(28,29)30/h4-16,31H,3H2,1-2H3,(H,32,35). The molecular weight excluding hydrogens is 469 g/mol. The fourth-order valence-corrected chi connectivity index (χ4v) is 4.14. The minimum atomic E-state index is -4.50. The number of para-hydroxylation sites is 2. The molecule has 4 aromatic rings. The van der Waals surface area contributed by atoms with E-state index >= 15 is 0 Å². The lowest BCUT2D eigenvalue weighted by Crippen LogP contribution is -2.37. The Morgan fingerprint density at radius 1 is 0.944 bits per heavy atom. The first-order chi connectivity index (χ1) is 17.1. The van der Waals surface area contributed by atoms with Crippen LogP contribution in [-0.4, -0.2) is 28.6 Å². The first-order valence-electron chi connectivity index (χ1n) is 11.1. The van der Waals surface area contributed by atoms with E-state index in [2.05, 4.69) is 5.32 Å². The Labute approximate surface area is 205 Å². The Kier molecular flexibility index (Phi) is 6.65. The molecule has 0 spiro atoms. The highest BCUT2D eigenvalue weighted by Crippen LogP contribution is 2.31. The van der Waals surface area contributed by atoms with Crippen molar-refractivity contribution in [2.24, 2.45) is 7.05 Å². The normalized spacial score (nSPS) is 11.4. The summed E-state index contributed by atoms with van der Waals surface area (Å²) in [5, 5.41) is 12.0. The molecule has 2 N–H and O–H groups in total. The summed E-state index contributed by atoms with van der Waals surface area (Å²) in [5.41, 5.74) is 0.405. The first-order valence-corrected chi connectivity index (χ1v) is 11.1. The SMILES string of the molecule is CCN(C(=O)C(=N)c1c(C(=O)Nc2ccc(C(F)(F)F)cc2)n(C)c2ccccc12)c1ccccc1. The molecule has 0 aliphatic heterocycles. The fraction of sp³-hybridized carbons (Fsp3) is 0.148. The Morgan fingerprint density at radius 3 is 2.17 bits per heavy atom. The molecule has 9 heteroatoms. The van der Waals surface area contributed by atoms with Gasteiger partial charge in [-0.15, -0.1) is 0 Å². The number of fused-ring (bicyclic) bond motifs is 1. The molecule has 4 rings (SSSR count). The van der Waals surface area contributed by atoms with E-state index in [4.69, 9.17) is 5.41 Å². The molecule has 1 heterocycles. The number of amides is 2. The molecule has 0 saturated heterocycles. The second kappa shape index (κ2) is 9.69. The summed E-state index contributed by atoms with van der Waals surface area (Å²) >= 11 is 0. The number of carbonyl (C=O) groups excluding carboxylic acids is 2. The number of halogens is 3. The summed E-state index contributed by atoms with van der Waals surface area (Å²) in [6.07, 6.45) is -4.50. The Morgan fingerprint density at radius 2 is 1.56 bits per heavy atom. The summed E-state index contributed by atoms with van der Waals surface area (Å²) in [6, 6.07) is 20.0. The molecule has 6 nitrogen and oxygen atoms in total. The fourth-order valence-electron chi connectivity index (χ4n) is 4.14. The van der Waals surface area contributed by atoms with Crippen molar-refractivity contribution in [3.8, 4) is 0 Å². The van der Waals surface area contributed by atoms with Gasteiger partial charge in [0.25, 0.3) is 11.8 Å². The van der Waals surface area contributed by atoms with Gasteiger partial charge in [-0.25, -0.2) is 0 Å². The van der Waals surface area contributed by atoms with E-state index in [0.717, 1.165) is 24.3 Å². The molecule has 0 unspecified atom stereocenters. The van der Waals surface area contributed by atoms with Crippen molar-refractivity contribution < 1.29 is 22.8 Å². The van der Waals surface area contributed by atoms with Crippen LogP contribution in [0, 0.1) is 5.41 Å². The van der Waals surface area contributed by atoms with Gasteiger partial charge in [-0.2, -0.15) is 13.2 Å². The number of nitrogens with one attached hydrogen (secondary N) is 2. The van der Waals surface area contributed by atoms with Gasteiger partial charge in [-0.1, -0.05) is 36.4 Å². The van der Waals surface area contributed by atoms with Gasteiger partial charge < -0.3 is 14.8 Å². The second-order valence-corrected chi connectivity index (χ2v) is 8.09. The van der Waals surface area contributed by atoms with Gasteiger partial charge in [0, 0.05) is 41.4 Å². The highest BCUT2D eigenvalue weighted by atomic mass is 19.4. The van der Waals surface area contributed by atoms with Crippen molar-refractivity contribution in [2.45, 2.75) is 13.1 Å². The predicted octanol–water partition coefficient (Wildman–Crippen LogP) is 5.87. The van der Waals surface area contributed by atoms with Gasteiger partial charge >= 0.3 is 6.18 Å². The second-order valence-electron chi connectivity index (χ2n) is 8.09. The van der Waals surface area contributed by atoms with Crippen LogP contribution in [0.25, 0.3) is 10.9 Å². The smallest absolute Gasteiger partial charge is 0.339 e. The molecular formula is C27H23F3N4O2. The van der Waals surface area contributed by atoms with Gasteiger partial charge in [0.05, 0.1) is 5.56 Å². The van der Waals surface area contributed by atoms with Crippen molar-refractivity contribution in [3.05, 3.63) is 95.7 Å². The summed E-state index contributed by atoms with van der Waals surface area (Å²) in [7, 11) is 1.64. The molecule has 2 amide bonds. The highest BCUT2D eigenvalue weighted by Gasteiger charge is 2.31. The molecule has 184 valence electrons. The van der Waals surface area contributed by atoms with Crippen LogP contribution in [-0.2, 0) is 18.0 Å². The molecule has 0 aliphatic carbocycles. The monoisotopic (exact) mass is 492 g/mol. The molecule has 0 saturated carbocycles.